The minimum atomic E-state index is -0.176. The van der Waals surface area contributed by atoms with Crippen molar-refractivity contribution in [3.63, 3.8) is 0 Å². The minimum Gasteiger partial charge on any atom is -0.378 e. The van der Waals surface area contributed by atoms with Gasteiger partial charge in [0.1, 0.15) is 0 Å². The molecule has 3 heterocycles. The predicted molar refractivity (Wildman–Crippen MR) is 109 cm³/mol. The van der Waals surface area contributed by atoms with E-state index in [9.17, 15) is 9.59 Å². The number of hydrogen-bond donors (Lipinski definition) is 1. The van der Waals surface area contributed by atoms with E-state index in [2.05, 4.69) is 10.4 Å². The summed E-state index contributed by atoms with van der Waals surface area (Å²) in [5.41, 5.74) is 1.37. The molecule has 0 spiro atoms. The third-order valence-corrected chi connectivity index (χ3v) is 5.71. The molecule has 1 aromatic heterocycles. The Labute approximate surface area is 174 Å². The van der Waals surface area contributed by atoms with Crippen LogP contribution >= 0.6 is 11.6 Å². The van der Waals surface area contributed by atoms with E-state index in [1.807, 2.05) is 23.2 Å². The van der Waals surface area contributed by atoms with Gasteiger partial charge in [-0.1, -0.05) is 11.6 Å². The lowest BCUT2D eigenvalue weighted by atomic mass is 9.95. The Morgan fingerprint density at radius 3 is 2.52 bits per heavy atom. The van der Waals surface area contributed by atoms with Crippen molar-refractivity contribution in [1.82, 2.24) is 19.6 Å². The maximum absolute atomic E-state index is 12.6. The molecule has 3 amide bonds. The molecule has 1 N–H and O–H groups in total. The van der Waals surface area contributed by atoms with E-state index in [-0.39, 0.29) is 17.9 Å². The monoisotopic (exact) mass is 417 g/mol. The Balaban J connectivity index is 1.31. The third kappa shape index (κ3) is 4.54. The molecular formula is C20H24ClN5O3. The van der Waals surface area contributed by atoms with E-state index >= 15 is 0 Å². The van der Waals surface area contributed by atoms with Gasteiger partial charge in [-0.2, -0.15) is 5.10 Å². The van der Waals surface area contributed by atoms with Gasteiger partial charge in [0.15, 0.2) is 0 Å². The van der Waals surface area contributed by atoms with Crippen molar-refractivity contribution in [2.75, 3.05) is 44.7 Å². The predicted octanol–water partition coefficient (Wildman–Crippen LogP) is 2.63. The lowest BCUT2D eigenvalue weighted by Crippen LogP contribution is -2.48. The molecule has 0 bridgehead atoms. The van der Waals surface area contributed by atoms with Crippen LogP contribution in [0, 0.1) is 5.92 Å². The molecule has 154 valence electrons. The molecule has 2 aliphatic rings. The number of likely N-dealkylation sites (tertiary alicyclic amines) is 1. The average Bonchev–Trinajstić information content (AvgIpc) is 3.28. The van der Waals surface area contributed by atoms with Gasteiger partial charge in [-0.05, 0) is 37.1 Å². The van der Waals surface area contributed by atoms with Crippen molar-refractivity contribution in [2.45, 2.75) is 12.8 Å². The number of aromatic nitrogens is 2. The lowest BCUT2D eigenvalue weighted by Gasteiger charge is -2.35. The Morgan fingerprint density at radius 1 is 1.10 bits per heavy atom. The summed E-state index contributed by atoms with van der Waals surface area (Å²) in [5, 5.41) is 7.56. The first-order chi connectivity index (χ1) is 14.1. The largest absolute Gasteiger partial charge is 0.378 e. The molecule has 8 nitrogen and oxygen atoms in total. The summed E-state index contributed by atoms with van der Waals surface area (Å²) in [4.78, 5) is 28.9. The van der Waals surface area contributed by atoms with Crippen LogP contribution in [0.3, 0.4) is 0 Å². The van der Waals surface area contributed by atoms with Crippen molar-refractivity contribution in [3.05, 3.63) is 41.7 Å². The zero-order valence-electron chi connectivity index (χ0n) is 16.1. The number of anilines is 1. The summed E-state index contributed by atoms with van der Waals surface area (Å²) in [6.45, 7) is 3.66. The number of hydrogen-bond acceptors (Lipinski definition) is 4. The first-order valence-electron chi connectivity index (χ1n) is 9.84. The molecule has 2 fully saturated rings. The first-order valence-corrected chi connectivity index (χ1v) is 10.2. The second kappa shape index (κ2) is 8.84. The number of halogens is 1. The molecule has 0 unspecified atom stereocenters. The van der Waals surface area contributed by atoms with E-state index in [0.717, 1.165) is 5.69 Å². The molecule has 0 saturated carbocycles. The Bertz CT molecular complexity index is 859. The van der Waals surface area contributed by atoms with Gasteiger partial charge < -0.3 is 19.9 Å². The van der Waals surface area contributed by atoms with E-state index < -0.39 is 0 Å². The first kappa shape index (κ1) is 19.7. The minimum absolute atomic E-state index is 0.0139. The highest BCUT2D eigenvalue weighted by atomic mass is 35.5. The van der Waals surface area contributed by atoms with E-state index in [4.69, 9.17) is 16.3 Å². The highest BCUT2D eigenvalue weighted by molar-refractivity contribution is 6.32. The van der Waals surface area contributed by atoms with Crippen LogP contribution in [0.25, 0.3) is 5.69 Å². The summed E-state index contributed by atoms with van der Waals surface area (Å²) >= 11 is 6.34. The fourth-order valence-corrected chi connectivity index (χ4v) is 4.02. The quantitative estimate of drug-likeness (QED) is 0.832. The summed E-state index contributed by atoms with van der Waals surface area (Å²) in [7, 11) is 0. The number of benzene rings is 1. The van der Waals surface area contributed by atoms with Crippen molar-refractivity contribution in [3.8, 4) is 5.69 Å². The van der Waals surface area contributed by atoms with Gasteiger partial charge in [0.2, 0.25) is 5.91 Å². The number of nitrogens with one attached hydrogen (secondary N) is 1. The average molecular weight is 418 g/mol. The summed E-state index contributed by atoms with van der Waals surface area (Å²) < 4.78 is 6.98. The summed E-state index contributed by atoms with van der Waals surface area (Å²) in [6, 6.07) is 6.98. The third-order valence-electron chi connectivity index (χ3n) is 5.40. The zero-order chi connectivity index (χ0) is 20.2. The van der Waals surface area contributed by atoms with Gasteiger partial charge in [-0.25, -0.2) is 9.48 Å². The molecule has 0 atom stereocenters. The number of piperidine rings is 1. The van der Waals surface area contributed by atoms with Crippen molar-refractivity contribution in [2.24, 2.45) is 5.92 Å². The van der Waals surface area contributed by atoms with E-state index in [0.29, 0.717) is 62.9 Å². The van der Waals surface area contributed by atoms with Gasteiger partial charge in [0.25, 0.3) is 0 Å². The van der Waals surface area contributed by atoms with Crippen molar-refractivity contribution >= 4 is 29.2 Å². The van der Waals surface area contributed by atoms with Gasteiger partial charge in [-0.15, -0.1) is 0 Å². The molecular weight excluding hydrogens is 394 g/mol. The number of ether oxygens (including phenoxy) is 1. The molecule has 4 rings (SSSR count). The standard InChI is InChI=1S/C20H24ClN5O3/c21-17-14-16(2-3-18(17)26-7-1-6-22-26)23-20(28)25-8-4-15(5-9-25)19(27)24-10-12-29-13-11-24/h1-3,6-7,14-15H,4-5,8-13H2,(H,23,28). The number of urea groups is 1. The second-order valence-electron chi connectivity index (χ2n) is 7.25. The molecule has 2 saturated heterocycles. The highest BCUT2D eigenvalue weighted by Crippen LogP contribution is 2.25. The summed E-state index contributed by atoms with van der Waals surface area (Å²) in [5.74, 6) is 0.175. The molecule has 2 aromatic rings. The van der Waals surface area contributed by atoms with Crippen molar-refractivity contribution < 1.29 is 14.3 Å². The van der Waals surface area contributed by atoms with Crippen LogP contribution in [-0.4, -0.2) is 70.9 Å². The number of carbonyl (C=O) groups excluding carboxylic acids is 2. The molecule has 9 heteroatoms. The van der Waals surface area contributed by atoms with Crippen LogP contribution in [-0.2, 0) is 9.53 Å². The molecule has 0 aliphatic carbocycles. The number of nitrogens with zero attached hydrogens (tertiary/aromatic N) is 4. The van der Waals surface area contributed by atoms with Gasteiger partial charge >= 0.3 is 6.03 Å². The molecule has 1 aromatic carbocycles. The van der Waals surface area contributed by atoms with Gasteiger partial charge in [0.05, 0.1) is 23.9 Å². The maximum Gasteiger partial charge on any atom is 0.321 e. The van der Waals surface area contributed by atoms with Crippen LogP contribution in [0.2, 0.25) is 5.02 Å². The van der Waals surface area contributed by atoms with Crippen LogP contribution in [0.15, 0.2) is 36.7 Å². The number of amides is 3. The smallest absolute Gasteiger partial charge is 0.321 e. The maximum atomic E-state index is 12.6. The van der Waals surface area contributed by atoms with Gasteiger partial charge in [-0.3, -0.25) is 4.79 Å². The topological polar surface area (TPSA) is 79.7 Å². The van der Waals surface area contributed by atoms with E-state index in [1.165, 1.54) is 0 Å². The van der Waals surface area contributed by atoms with E-state index in [1.54, 1.807) is 27.9 Å². The number of carbonyl (C=O) groups is 2. The van der Waals surface area contributed by atoms with Crippen LogP contribution in [0.1, 0.15) is 12.8 Å². The fraction of sp³-hybridized carbons (Fsp3) is 0.450. The summed E-state index contributed by atoms with van der Waals surface area (Å²) in [6.07, 6.45) is 4.85. The number of rotatable bonds is 3. The van der Waals surface area contributed by atoms with Crippen LogP contribution in [0.5, 0.6) is 0 Å². The van der Waals surface area contributed by atoms with Gasteiger partial charge in [0, 0.05) is 50.2 Å². The van der Waals surface area contributed by atoms with Crippen LogP contribution in [0.4, 0.5) is 10.5 Å². The highest BCUT2D eigenvalue weighted by Gasteiger charge is 2.30. The fourth-order valence-electron chi connectivity index (χ4n) is 3.76. The molecule has 29 heavy (non-hydrogen) atoms. The molecule has 2 aliphatic heterocycles. The SMILES string of the molecule is O=C(Nc1ccc(-n2cccn2)c(Cl)c1)N1CCC(C(=O)N2CCOCC2)CC1. The Kier molecular flexibility index (Phi) is 6.01. The Hall–Kier alpha value is -2.58. The van der Waals surface area contributed by atoms with Crippen molar-refractivity contribution in [1.29, 1.82) is 0 Å². The second-order valence-corrected chi connectivity index (χ2v) is 7.65. The lowest BCUT2D eigenvalue weighted by molar-refractivity contribution is -0.140. The Morgan fingerprint density at radius 2 is 1.86 bits per heavy atom. The number of morpholine rings is 1. The zero-order valence-corrected chi connectivity index (χ0v) is 16.8. The molecule has 0 radical (unpaired) electrons. The van der Waals surface area contributed by atoms with Crippen LogP contribution < -0.4 is 5.32 Å². The normalized spacial score (nSPS) is 18.0.